The number of amides is 1. The number of aromatic nitrogens is 1. The van der Waals surface area contributed by atoms with Gasteiger partial charge in [-0.2, -0.15) is 0 Å². The SMILES string of the molecule is NC1CCCC(C(=O)NCc2ccc(N3CCCCCC3)nc2)C1. The summed E-state index contributed by atoms with van der Waals surface area (Å²) < 4.78 is 0. The van der Waals surface area contributed by atoms with Crippen molar-refractivity contribution < 1.29 is 4.79 Å². The van der Waals surface area contributed by atoms with Gasteiger partial charge >= 0.3 is 0 Å². The first kappa shape index (κ1) is 17.2. The first-order chi connectivity index (χ1) is 11.7. The van der Waals surface area contributed by atoms with Gasteiger partial charge in [-0.3, -0.25) is 4.79 Å². The van der Waals surface area contributed by atoms with Crippen molar-refractivity contribution in [1.29, 1.82) is 0 Å². The summed E-state index contributed by atoms with van der Waals surface area (Å²) in [5.41, 5.74) is 7.03. The van der Waals surface area contributed by atoms with Crippen molar-refractivity contribution in [1.82, 2.24) is 10.3 Å². The maximum atomic E-state index is 12.3. The lowest BCUT2D eigenvalue weighted by atomic mass is 9.85. The molecule has 1 saturated heterocycles. The number of nitrogens with two attached hydrogens (primary N) is 1. The van der Waals surface area contributed by atoms with Gasteiger partial charge in [-0.1, -0.05) is 25.3 Å². The molecule has 5 nitrogen and oxygen atoms in total. The molecular weight excluding hydrogens is 300 g/mol. The Morgan fingerprint density at radius 2 is 1.96 bits per heavy atom. The summed E-state index contributed by atoms with van der Waals surface area (Å²) >= 11 is 0. The molecule has 132 valence electrons. The van der Waals surface area contributed by atoms with Gasteiger partial charge in [-0.15, -0.1) is 0 Å². The third kappa shape index (κ3) is 4.69. The van der Waals surface area contributed by atoms with E-state index in [-0.39, 0.29) is 17.9 Å². The van der Waals surface area contributed by atoms with E-state index < -0.39 is 0 Å². The maximum Gasteiger partial charge on any atom is 0.223 e. The molecule has 0 radical (unpaired) electrons. The normalized spacial score (nSPS) is 25.1. The van der Waals surface area contributed by atoms with E-state index in [0.29, 0.717) is 6.54 Å². The monoisotopic (exact) mass is 330 g/mol. The second-order valence-electron chi connectivity index (χ2n) is 7.27. The van der Waals surface area contributed by atoms with Crippen LogP contribution < -0.4 is 16.0 Å². The van der Waals surface area contributed by atoms with E-state index in [4.69, 9.17) is 5.73 Å². The van der Waals surface area contributed by atoms with Gasteiger partial charge in [-0.25, -0.2) is 4.98 Å². The molecule has 2 aliphatic rings. The van der Waals surface area contributed by atoms with Gasteiger partial charge in [0.1, 0.15) is 5.82 Å². The fraction of sp³-hybridized carbons (Fsp3) is 0.684. The van der Waals surface area contributed by atoms with Gasteiger partial charge in [-0.05, 0) is 43.7 Å². The van der Waals surface area contributed by atoms with E-state index >= 15 is 0 Å². The average Bonchev–Trinajstić information content (AvgIpc) is 2.89. The molecule has 2 unspecified atom stereocenters. The number of carbonyl (C=O) groups excluding carboxylic acids is 1. The quantitative estimate of drug-likeness (QED) is 0.890. The molecule has 3 rings (SSSR count). The Kier molecular flexibility index (Phi) is 6.07. The van der Waals surface area contributed by atoms with Crippen LogP contribution in [0.2, 0.25) is 0 Å². The van der Waals surface area contributed by atoms with Gasteiger partial charge in [0, 0.05) is 37.8 Å². The molecule has 1 aromatic rings. The lowest BCUT2D eigenvalue weighted by molar-refractivity contribution is -0.126. The van der Waals surface area contributed by atoms with Crippen LogP contribution in [0.4, 0.5) is 5.82 Å². The summed E-state index contributed by atoms with van der Waals surface area (Å²) in [4.78, 5) is 19.2. The van der Waals surface area contributed by atoms with Gasteiger partial charge in [0.2, 0.25) is 5.91 Å². The summed E-state index contributed by atoms with van der Waals surface area (Å²) in [6.45, 7) is 2.76. The van der Waals surface area contributed by atoms with E-state index in [1.807, 2.05) is 6.20 Å². The second-order valence-corrected chi connectivity index (χ2v) is 7.27. The van der Waals surface area contributed by atoms with Crippen LogP contribution in [0.3, 0.4) is 0 Å². The van der Waals surface area contributed by atoms with Crippen LogP contribution in [-0.4, -0.2) is 30.0 Å². The predicted octanol–water partition coefficient (Wildman–Crippen LogP) is 2.60. The molecule has 1 aliphatic heterocycles. The molecule has 1 saturated carbocycles. The van der Waals surface area contributed by atoms with Crippen molar-refractivity contribution in [2.75, 3.05) is 18.0 Å². The molecule has 2 atom stereocenters. The highest BCUT2D eigenvalue weighted by Crippen LogP contribution is 2.23. The molecular formula is C19H30N4O. The summed E-state index contributed by atoms with van der Waals surface area (Å²) in [7, 11) is 0. The molecule has 1 aliphatic carbocycles. The number of hydrogen-bond acceptors (Lipinski definition) is 4. The van der Waals surface area contributed by atoms with Gasteiger partial charge < -0.3 is 16.0 Å². The minimum atomic E-state index is 0.0816. The molecule has 0 aromatic carbocycles. The van der Waals surface area contributed by atoms with Crippen molar-refractivity contribution in [3.05, 3.63) is 23.9 Å². The summed E-state index contributed by atoms with van der Waals surface area (Å²) in [5, 5.41) is 3.05. The van der Waals surface area contributed by atoms with E-state index in [0.717, 1.165) is 50.2 Å². The van der Waals surface area contributed by atoms with Crippen LogP contribution in [-0.2, 0) is 11.3 Å². The first-order valence-electron chi connectivity index (χ1n) is 9.45. The zero-order chi connectivity index (χ0) is 16.8. The number of carbonyl (C=O) groups is 1. The van der Waals surface area contributed by atoms with E-state index in [1.165, 1.54) is 25.7 Å². The molecule has 1 amide bonds. The van der Waals surface area contributed by atoms with Crippen LogP contribution in [0.25, 0.3) is 0 Å². The molecule has 2 heterocycles. The molecule has 1 aromatic heterocycles. The van der Waals surface area contributed by atoms with Gasteiger partial charge in [0.25, 0.3) is 0 Å². The topological polar surface area (TPSA) is 71.2 Å². The standard InChI is InChI=1S/C19H30N4O/c20-17-7-5-6-16(12-17)19(24)22-14-15-8-9-18(21-13-15)23-10-3-1-2-4-11-23/h8-9,13,16-17H,1-7,10-12,14,20H2,(H,22,24). The fourth-order valence-electron chi connectivity index (χ4n) is 3.81. The third-order valence-corrected chi connectivity index (χ3v) is 5.29. The third-order valence-electron chi connectivity index (χ3n) is 5.29. The predicted molar refractivity (Wildman–Crippen MR) is 96.7 cm³/mol. The lowest BCUT2D eigenvalue weighted by Crippen LogP contribution is -2.37. The Balaban J connectivity index is 1.49. The fourth-order valence-corrected chi connectivity index (χ4v) is 3.81. The van der Waals surface area contributed by atoms with Gasteiger partial charge in [0.15, 0.2) is 0 Å². The number of nitrogens with zero attached hydrogens (tertiary/aromatic N) is 2. The van der Waals surface area contributed by atoms with Crippen LogP contribution in [0.15, 0.2) is 18.3 Å². The summed E-state index contributed by atoms with van der Waals surface area (Å²) in [6.07, 6.45) is 10.9. The van der Waals surface area contributed by atoms with E-state index in [9.17, 15) is 4.79 Å². The zero-order valence-electron chi connectivity index (χ0n) is 14.5. The molecule has 0 spiro atoms. The van der Waals surface area contributed by atoms with Crippen LogP contribution in [0.1, 0.15) is 56.9 Å². The summed E-state index contributed by atoms with van der Waals surface area (Å²) in [5.74, 6) is 1.28. The number of nitrogens with one attached hydrogen (secondary N) is 1. The molecule has 0 bridgehead atoms. The van der Waals surface area contributed by atoms with Crippen molar-refractivity contribution in [3.8, 4) is 0 Å². The van der Waals surface area contributed by atoms with Crippen molar-refractivity contribution in [3.63, 3.8) is 0 Å². The molecule has 3 N–H and O–H groups in total. The Labute approximate surface area is 145 Å². The minimum Gasteiger partial charge on any atom is -0.357 e. The number of anilines is 1. The smallest absolute Gasteiger partial charge is 0.223 e. The highest BCUT2D eigenvalue weighted by Gasteiger charge is 2.25. The van der Waals surface area contributed by atoms with E-state index in [1.54, 1.807) is 0 Å². The Morgan fingerprint density at radius 1 is 1.17 bits per heavy atom. The highest BCUT2D eigenvalue weighted by atomic mass is 16.1. The largest absolute Gasteiger partial charge is 0.357 e. The number of rotatable bonds is 4. The number of hydrogen-bond donors (Lipinski definition) is 2. The second kappa shape index (κ2) is 8.47. The minimum absolute atomic E-state index is 0.0816. The molecule has 2 fully saturated rings. The molecule has 24 heavy (non-hydrogen) atoms. The van der Waals surface area contributed by atoms with Crippen LogP contribution >= 0.6 is 0 Å². The van der Waals surface area contributed by atoms with Crippen molar-refractivity contribution in [2.24, 2.45) is 11.7 Å². The zero-order valence-corrected chi connectivity index (χ0v) is 14.5. The highest BCUT2D eigenvalue weighted by molar-refractivity contribution is 5.78. The first-order valence-corrected chi connectivity index (χ1v) is 9.45. The Hall–Kier alpha value is -1.62. The Bertz CT molecular complexity index is 523. The van der Waals surface area contributed by atoms with E-state index in [2.05, 4.69) is 27.3 Å². The number of pyridine rings is 1. The van der Waals surface area contributed by atoms with Crippen molar-refractivity contribution >= 4 is 11.7 Å². The average molecular weight is 330 g/mol. The lowest BCUT2D eigenvalue weighted by Gasteiger charge is -2.25. The van der Waals surface area contributed by atoms with Crippen LogP contribution in [0, 0.1) is 5.92 Å². The van der Waals surface area contributed by atoms with Gasteiger partial charge in [0.05, 0.1) is 0 Å². The Morgan fingerprint density at radius 3 is 2.62 bits per heavy atom. The van der Waals surface area contributed by atoms with Crippen molar-refractivity contribution in [2.45, 2.75) is 64.0 Å². The van der Waals surface area contributed by atoms with Crippen LogP contribution in [0.5, 0.6) is 0 Å². The summed E-state index contributed by atoms with van der Waals surface area (Å²) in [6, 6.07) is 4.35. The maximum absolute atomic E-state index is 12.3. The molecule has 5 heteroatoms.